The van der Waals surface area contributed by atoms with Crippen LogP contribution in [-0.4, -0.2) is 28.0 Å². The van der Waals surface area contributed by atoms with Gasteiger partial charge in [0, 0.05) is 5.75 Å². The van der Waals surface area contributed by atoms with E-state index >= 15 is 0 Å². The lowest BCUT2D eigenvalue weighted by molar-refractivity contribution is -0.138. The summed E-state index contributed by atoms with van der Waals surface area (Å²) in [4.78, 5) is 21.3. The van der Waals surface area contributed by atoms with Crippen LogP contribution >= 0.6 is 11.8 Å². The SMILES string of the molecule is CC(SCC1(CC(=O)O)CC1)C(N)=O. The van der Waals surface area contributed by atoms with E-state index in [4.69, 9.17) is 10.8 Å². The quantitative estimate of drug-likeness (QED) is 0.691. The minimum atomic E-state index is -0.755. The Morgan fingerprint density at radius 1 is 1.57 bits per heavy atom. The molecule has 0 heterocycles. The number of rotatable bonds is 6. The van der Waals surface area contributed by atoms with Crippen molar-refractivity contribution >= 4 is 23.6 Å². The van der Waals surface area contributed by atoms with E-state index in [-0.39, 0.29) is 23.0 Å². The molecule has 1 atom stereocenters. The highest BCUT2D eigenvalue weighted by atomic mass is 32.2. The summed E-state index contributed by atoms with van der Waals surface area (Å²) < 4.78 is 0. The Bertz CT molecular complexity index is 250. The van der Waals surface area contributed by atoms with Crippen molar-refractivity contribution in [2.24, 2.45) is 11.1 Å². The third-order valence-corrected chi connectivity index (χ3v) is 4.03. The maximum Gasteiger partial charge on any atom is 0.303 e. The van der Waals surface area contributed by atoms with Gasteiger partial charge in [0.15, 0.2) is 0 Å². The molecule has 1 fully saturated rings. The van der Waals surface area contributed by atoms with Gasteiger partial charge in [-0.25, -0.2) is 0 Å². The average Bonchev–Trinajstić information content (AvgIpc) is 2.80. The molecule has 3 N–H and O–H groups in total. The molecule has 80 valence electrons. The number of carboxylic acids is 1. The number of nitrogens with two attached hydrogens (primary N) is 1. The molecule has 1 unspecified atom stereocenters. The molecule has 0 bridgehead atoms. The standard InChI is InChI=1S/C9H15NO3S/c1-6(8(10)13)14-5-9(2-3-9)4-7(11)12/h6H,2-5H2,1H3,(H2,10,13)(H,11,12). The smallest absolute Gasteiger partial charge is 0.303 e. The molecule has 0 aromatic heterocycles. The number of hydrogen-bond donors (Lipinski definition) is 2. The van der Waals surface area contributed by atoms with Gasteiger partial charge in [0.2, 0.25) is 5.91 Å². The molecule has 5 heteroatoms. The van der Waals surface area contributed by atoms with E-state index in [1.165, 1.54) is 11.8 Å². The summed E-state index contributed by atoms with van der Waals surface area (Å²) in [5, 5.41) is 8.44. The van der Waals surface area contributed by atoms with Crippen LogP contribution in [0.25, 0.3) is 0 Å². The third-order valence-electron chi connectivity index (χ3n) is 2.52. The summed E-state index contributed by atoms with van der Waals surface area (Å²) in [6, 6.07) is 0. The second-order valence-corrected chi connectivity index (χ2v) is 5.26. The second kappa shape index (κ2) is 4.21. The van der Waals surface area contributed by atoms with Crippen molar-refractivity contribution in [3.63, 3.8) is 0 Å². The van der Waals surface area contributed by atoms with Gasteiger partial charge < -0.3 is 10.8 Å². The largest absolute Gasteiger partial charge is 0.481 e. The van der Waals surface area contributed by atoms with Crippen molar-refractivity contribution in [1.82, 2.24) is 0 Å². The Morgan fingerprint density at radius 3 is 2.50 bits per heavy atom. The van der Waals surface area contributed by atoms with Gasteiger partial charge in [0.1, 0.15) is 0 Å². The van der Waals surface area contributed by atoms with E-state index in [1.807, 2.05) is 0 Å². The van der Waals surface area contributed by atoms with Crippen LogP contribution in [0.1, 0.15) is 26.2 Å². The van der Waals surface area contributed by atoms with E-state index in [0.29, 0.717) is 0 Å². The highest BCUT2D eigenvalue weighted by Gasteiger charge is 2.44. The number of carbonyl (C=O) groups is 2. The average molecular weight is 217 g/mol. The third kappa shape index (κ3) is 3.21. The monoisotopic (exact) mass is 217 g/mol. The number of amides is 1. The fourth-order valence-electron chi connectivity index (χ4n) is 1.25. The zero-order valence-corrected chi connectivity index (χ0v) is 8.97. The van der Waals surface area contributed by atoms with Crippen LogP contribution in [0.15, 0.2) is 0 Å². The molecule has 1 aliphatic carbocycles. The first kappa shape index (κ1) is 11.4. The molecule has 1 amide bonds. The van der Waals surface area contributed by atoms with Crippen LogP contribution in [0.5, 0.6) is 0 Å². The molecule has 14 heavy (non-hydrogen) atoms. The summed E-state index contributed by atoms with van der Waals surface area (Å²) in [5.41, 5.74) is 5.06. The number of primary amides is 1. The Kier molecular flexibility index (Phi) is 3.42. The van der Waals surface area contributed by atoms with Crippen molar-refractivity contribution in [2.75, 3.05) is 5.75 Å². The highest BCUT2D eigenvalue weighted by Crippen LogP contribution is 2.51. The molecule has 0 aromatic carbocycles. The topological polar surface area (TPSA) is 80.4 Å². The fourth-order valence-corrected chi connectivity index (χ4v) is 2.41. The second-order valence-electron chi connectivity index (χ2n) is 3.93. The molecular weight excluding hydrogens is 202 g/mol. The summed E-state index contributed by atoms with van der Waals surface area (Å²) >= 11 is 1.46. The van der Waals surface area contributed by atoms with Gasteiger partial charge in [-0.05, 0) is 25.2 Å². The molecule has 0 radical (unpaired) electrons. The van der Waals surface area contributed by atoms with Gasteiger partial charge in [-0.2, -0.15) is 0 Å². The predicted molar refractivity (Wildman–Crippen MR) is 55.0 cm³/mol. The van der Waals surface area contributed by atoms with Crippen LogP contribution in [0.3, 0.4) is 0 Å². The Hall–Kier alpha value is -0.710. The molecule has 1 saturated carbocycles. The van der Waals surface area contributed by atoms with E-state index < -0.39 is 5.97 Å². The minimum Gasteiger partial charge on any atom is -0.481 e. The molecular formula is C9H15NO3S. The molecule has 1 rings (SSSR count). The van der Waals surface area contributed by atoms with Crippen LogP contribution in [0.2, 0.25) is 0 Å². The van der Waals surface area contributed by atoms with Crippen LogP contribution < -0.4 is 5.73 Å². The summed E-state index contributed by atoms with van der Waals surface area (Å²) in [6.45, 7) is 1.75. The van der Waals surface area contributed by atoms with Crippen LogP contribution in [0, 0.1) is 5.41 Å². The zero-order chi connectivity index (χ0) is 10.8. The maximum atomic E-state index is 10.7. The molecule has 1 aliphatic rings. The Labute approximate surface area is 87.2 Å². The first-order valence-electron chi connectivity index (χ1n) is 4.58. The fraction of sp³-hybridized carbons (Fsp3) is 0.778. The summed E-state index contributed by atoms with van der Waals surface area (Å²) in [5.74, 6) is -0.361. The van der Waals surface area contributed by atoms with Gasteiger partial charge >= 0.3 is 5.97 Å². The van der Waals surface area contributed by atoms with Gasteiger partial charge in [-0.1, -0.05) is 0 Å². The summed E-state index contributed by atoms with van der Waals surface area (Å²) in [6.07, 6.45) is 2.13. The molecule has 4 nitrogen and oxygen atoms in total. The van der Waals surface area contributed by atoms with Crippen molar-refractivity contribution in [3.05, 3.63) is 0 Å². The number of carbonyl (C=O) groups excluding carboxylic acids is 1. The Balaban J connectivity index is 2.30. The molecule has 0 saturated heterocycles. The first-order valence-corrected chi connectivity index (χ1v) is 5.63. The van der Waals surface area contributed by atoms with Crippen LogP contribution in [0.4, 0.5) is 0 Å². The van der Waals surface area contributed by atoms with Crippen molar-refractivity contribution in [3.8, 4) is 0 Å². The normalized spacial score (nSPS) is 20.1. The summed E-state index contributed by atoms with van der Waals surface area (Å²) in [7, 11) is 0. The highest BCUT2D eigenvalue weighted by molar-refractivity contribution is 8.00. The van der Waals surface area contributed by atoms with E-state index in [0.717, 1.165) is 18.6 Å². The predicted octanol–water partition coefficient (Wildman–Crippen LogP) is 0.848. The van der Waals surface area contributed by atoms with Crippen molar-refractivity contribution < 1.29 is 14.7 Å². The maximum absolute atomic E-state index is 10.7. The van der Waals surface area contributed by atoms with Crippen molar-refractivity contribution in [1.29, 1.82) is 0 Å². The van der Waals surface area contributed by atoms with Gasteiger partial charge in [-0.15, -0.1) is 11.8 Å². The first-order chi connectivity index (χ1) is 6.45. The van der Waals surface area contributed by atoms with E-state index in [9.17, 15) is 9.59 Å². The van der Waals surface area contributed by atoms with E-state index in [1.54, 1.807) is 6.92 Å². The lowest BCUT2D eigenvalue weighted by Gasteiger charge is -2.13. The Morgan fingerprint density at radius 2 is 2.14 bits per heavy atom. The van der Waals surface area contributed by atoms with Gasteiger partial charge in [0.05, 0.1) is 11.7 Å². The molecule has 0 aliphatic heterocycles. The number of thioether (sulfide) groups is 1. The minimum absolute atomic E-state index is 0.0553. The number of hydrogen-bond acceptors (Lipinski definition) is 3. The van der Waals surface area contributed by atoms with Crippen molar-refractivity contribution in [2.45, 2.75) is 31.4 Å². The van der Waals surface area contributed by atoms with E-state index in [2.05, 4.69) is 0 Å². The molecule has 0 spiro atoms. The van der Waals surface area contributed by atoms with Gasteiger partial charge in [0.25, 0.3) is 0 Å². The molecule has 0 aromatic rings. The van der Waals surface area contributed by atoms with Gasteiger partial charge in [-0.3, -0.25) is 9.59 Å². The lowest BCUT2D eigenvalue weighted by Crippen LogP contribution is -2.24. The lowest BCUT2D eigenvalue weighted by atomic mass is 10.1. The number of carboxylic acid groups (broad SMARTS) is 1. The van der Waals surface area contributed by atoms with Crippen LogP contribution in [-0.2, 0) is 9.59 Å². The zero-order valence-electron chi connectivity index (χ0n) is 8.16. The number of aliphatic carboxylic acids is 1.